The molecule has 2 aromatic rings. The molecule has 0 radical (unpaired) electrons. The molecule has 124 valence electrons. The van der Waals surface area contributed by atoms with Gasteiger partial charge in [-0.15, -0.1) is 18.3 Å². The Bertz CT molecular complexity index is 710. The average Bonchev–Trinajstić information content (AvgIpc) is 2.48. The van der Waals surface area contributed by atoms with Gasteiger partial charge in [-0.3, -0.25) is 0 Å². The van der Waals surface area contributed by atoms with E-state index < -0.39 is 6.36 Å². The quantitative estimate of drug-likeness (QED) is 0.842. The Morgan fingerprint density at radius 2 is 1.91 bits per heavy atom. The highest BCUT2D eigenvalue weighted by Crippen LogP contribution is 2.30. The molecule has 1 aliphatic carbocycles. The number of hydrogen-bond donors (Lipinski definition) is 0. The summed E-state index contributed by atoms with van der Waals surface area (Å²) >= 11 is 0. The molecule has 0 saturated heterocycles. The first-order chi connectivity index (χ1) is 10.8. The zero-order valence-corrected chi connectivity index (χ0v) is 13.0. The molecule has 4 nitrogen and oxygen atoms in total. The predicted molar refractivity (Wildman–Crippen MR) is 80.2 cm³/mol. The third kappa shape index (κ3) is 3.43. The number of ether oxygens (including phenoxy) is 1. The van der Waals surface area contributed by atoms with E-state index in [1.807, 2.05) is 11.7 Å². The maximum absolute atomic E-state index is 12.2. The van der Waals surface area contributed by atoms with Gasteiger partial charge in [-0.05, 0) is 55.0 Å². The maximum atomic E-state index is 12.2. The summed E-state index contributed by atoms with van der Waals surface area (Å²) in [6.45, 7) is 2.23. The molecule has 1 aromatic heterocycles. The lowest BCUT2D eigenvalue weighted by Crippen LogP contribution is -2.27. The predicted octanol–water partition coefficient (Wildman–Crippen LogP) is 4.31. The summed E-state index contributed by atoms with van der Waals surface area (Å²) in [7, 11) is 1.89. The lowest BCUT2D eigenvalue weighted by Gasteiger charge is -2.25. The van der Waals surface area contributed by atoms with E-state index in [4.69, 9.17) is 0 Å². The normalized spacial score (nSPS) is 18.8. The number of rotatable bonds is 3. The van der Waals surface area contributed by atoms with Crippen molar-refractivity contribution in [1.29, 1.82) is 0 Å². The zero-order valence-electron chi connectivity index (χ0n) is 13.0. The molecule has 3 rings (SSSR count). The standard InChI is InChI=1S/C16H18F3N3O/c1-11-3-5-12(6-4-11)15-20-22(21(15)2)13-7-9-14(10-8-13)23-16(17,18)19/h5,7-11H,3-4,6H2,1-2H3. The summed E-state index contributed by atoms with van der Waals surface area (Å²) in [6.07, 6.45) is 0.774. The zero-order chi connectivity index (χ0) is 16.6. The van der Waals surface area contributed by atoms with E-state index in [0.717, 1.165) is 25.1 Å². The molecule has 0 fully saturated rings. The molecule has 1 heterocycles. The third-order valence-corrected chi connectivity index (χ3v) is 4.04. The first-order valence-corrected chi connectivity index (χ1v) is 7.51. The van der Waals surface area contributed by atoms with Crippen molar-refractivity contribution in [2.24, 2.45) is 13.0 Å². The van der Waals surface area contributed by atoms with Crippen LogP contribution in [0, 0.1) is 5.92 Å². The van der Waals surface area contributed by atoms with E-state index >= 15 is 0 Å². The minimum absolute atomic E-state index is 0.238. The van der Waals surface area contributed by atoms with Crippen molar-refractivity contribution in [3.8, 4) is 11.4 Å². The van der Waals surface area contributed by atoms with Gasteiger partial charge in [-0.2, -0.15) is 4.80 Å². The van der Waals surface area contributed by atoms with Gasteiger partial charge in [0.2, 0.25) is 0 Å². The van der Waals surface area contributed by atoms with E-state index in [1.165, 1.54) is 17.7 Å². The molecule has 23 heavy (non-hydrogen) atoms. The Labute approximate surface area is 132 Å². The number of nitrogens with zero attached hydrogens (tertiary/aromatic N) is 3. The first-order valence-electron chi connectivity index (χ1n) is 7.51. The number of aromatic nitrogens is 3. The third-order valence-electron chi connectivity index (χ3n) is 4.04. The van der Waals surface area contributed by atoms with Crippen molar-refractivity contribution in [3.05, 3.63) is 36.2 Å². The highest BCUT2D eigenvalue weighted by molar-refractivity contribution is 5.61. The molecule has 1 atom stereocenters. The van der Waals surface area contributed by atoms with Gasteiger partial charge in [0, 0.05) is 7.05 Å². The van der Waals surface area contributed by atoms with E-state index in [9.17, 15) is 13.2 Å². The molecule has 7 heteroatoms. The van der Waals surface area contributed by atoms with E-state index in [0.29, 0.717) is 11.6 Å². The Hall–Kier alpha value is -2.18. The minimum Gasteiger partial charge on any atom is -0.406 e. The van der Waals surface area contributed by atoms with Crippen molar-refractivity contribution in [3.63, 3.8) is 0 Å². The minimum atomic E-state index is -4.68. The molecule has 1 aromatic carbocycles. The fourth-order valence-corrected chi connectivity index (χ4v) is 2.73. The summed E-state index contributed by atoms with van der Waals surface area (Å²) in [4.78, 5) is 1.66. The Kier molecular flexibility index (Phi) is 3.95. The highest BCUT2D eigenvalue weighted by atomic mass is 19.4. The van der Waals surface area contributed by atoms with Crippen LogP contribution in [-0.2, 0) is 7.05 Å². The number of allylic oxidation sites excluding steroid dienone is 2. The van der Waals surface area contributed by atoms with Crippen LogP contribution >= 0.6 is 0 Å². The Balaban J connectivity index is 1.75. The second-order valence-electron chi connectivity index (χ2n) is 5.89. The van der Waals surface area contributed by atoms with Crippen LogP contribution in [0.1, 0.15) is 32.0 Å². The Morgan fingerprint density at radius 1 is 1.22 bits per heavy atom. The molecular weight excluding hydrogens is 307 g/mol. The summed E-state index contributed by atoms with van der Waals surface area (Å²) in [5.74, 6) is 1.40. The van der Waals surface area contributed by atoms with E-state index in [2.05, 4.69) is 22.8 Å². The van der Waals surface area contributed by atoms with E-state index in [-0.39, 0.29) is 5.75 Å². The summed E-state index contributed by atoms with van der Waals surface area (Å²) in [5, 5.41) is 4.47. The molecule has 0 saturated carbocycles. The van der Waals surface area contributed by atoms with Crippen LogP contribution in [0.5, 0.6) is 5.75 Å². The molecule has 1 aliphatic rings. The van der Waals surface area contributed by atoms with Gasteiger partial charge in [0.25, 0.3) is 0 Å². The second-order valence-corrected chi connectivity index (χ2v) is 5.89. The smallest absolute Gasteiger partial charge is 0.406 e. The molecular formula is C16H18F3N3O. The van der Waals surface area contributed by atoms with E-state index in [1.54, 1.807) is 16.9 Å². The number of alkyl halides is 3. The fourth-order valence-electron chi connectivity index (χ4n) is 2.73. The first kappa shape index (κ1) is 15.7. The van der Waals surface area contributed by atoms with Crippen LogP contribution in [0.2, 0.25) is 0 Å². The summed E-state index contributed by atoms with van der Waals surface area (Å²) in [6, 6.07) is 5.67. The highest BCUT2D eigenvalue weighted by Gasteiger charge is 2.31. The van der Waals surface area contributed by atoms with Crippen molar-refractivity contribution in [2.75, 3.05) is 0 Å². The van der Waals surface area contributed by atoms with Crippen LogP contribution in [0.25, 0.3) is 11.3 Å². The fraction of sp³-hybridized carbons (Fsp3) is 0.438. The summed E-state index contributed by atoms with van der Waals surface area (Å²) in [5.41, 5.74) is 1.93. The monoisotopic (exact) mass is 325 g/mol. The van der Waals surface area contributed by atoms with Crippen molar-refractivity contribution < 1.29 is 17.9 Å². The molecule has 0 aliphatic heterocycles. The van der Waals surface area contributed by atoms with Crippen molar-refractivity contribution in [2.45, 2.75) is 32.5 Å². The second kappa shape index (κ2) is 5.79. The van der Waals surface area contributed by atoms with Crippen LogP contribution in [0.4, 0.5) is 13.2 Å². The molecule has 0 bridgehead atoms. The van der Waals surface area contributed by atoms with Crippen LogP contribution in [0.3, 0.4) is 0 Å². The van der Waals surface area contributed by atoms with Crippen molar-refractivity contribution in [1.82, 2.24) is 14.6 Å². The van der Waals surface area contributed by atoms with Crippen LogP contribution in [-0.4, -0.2) is 20.9 Å². The molecule has 0 amide bonds. The molecule has 1 unspecified atom stereocenters. The maximum Gasteiger partial charge on any atom is 0.573 e. The van der Waals surface area contributed by atoms with Gasteiger partial charge >= 0.3 is 6.36 Å². The summed E-state index contributed by atoms with van der Waals surface area (Å²) < 4.78 is 42.2. The van der Waals surface area contributed by atoms with Gasteiger partial charge in [0.05, 0.1) is 5.69 Å². The largest absolute Gasteiger partial charge is 0.573 e. The number of benzene rings is 1. The van der Waals surface area contributed by atoms with Crippen molar-refractivity contribution >= 4 is 5.57 Å². The van der Waals surface area contributed by atoms with Crippen LogP contribution in [0.15, 0.2) is 30.3 Å². The lowest BCUT2D eigenvalue weighted by atomic mass is 9.91. The Morgan fingerprint density at radius 3 is 2.43 bits per heavy atom. The van der Waals surface area contributed by atoms with Crippen LogP contribution < -0.4 is 4.74 Å². The molecule has 0 spiro atoms. The number of halogens is 3. The average molecular weight is 325 g/mol. The lowest BCUT2D eigenvalue weighted by molar-refractivity contribution is -0.274. The van der Waals surface area contributed by atoms with Gasteiger partial charge < -0.3 is 4.74 Å². The van der Waals surface area contributed by atoms with Gasteiger partial charge in [0.15, 0.2) is 5.82 Å². The molecule has 0 N–H and O–H groups in total. The van der Waals surface area contributed by atoms with Gasteiger partial charge in [0.1, 0.15) is 5.75 Å². The van der Waals surface area contributed by atoms with Gasteiger partial charge in [-0.25, -0.2) is 4.68 Å². The SMILES string of the molecule is CC1CC=C(c2nn(-c3ccc(OC(F)(F)F)cc3)n2C)CC1. The van der Waals surface area contributed by atoms with Gasteiger partial charge in [-0.1, -0.05) is 13.0 Å². The topological polar surface area (TPSA) is 32.0 Å². The number of hydrogen-bond acceptors (Lipinski definition) is 2.